The molecule has 2 aromatic carbocycles. The Kier molecular flexibility index (Phi) is 4.87. The zero-order valence-electron chi connectivity index (χ0n) is 11.0. The molecule has 1 aliphatic carbocycles. The molecule has 0 radical (unpaired) electrons. The molecule has 1 aliphatic rings. The van der Waals surface area contributed by atoms with E-state index >= 15 is 0 Å². The first-order valence-corrected chi connectivity index (χ1v) is 6.61. The van der Waals surface area contributed by atoms with E-state index in [0.29, 0.717) is 0 Å². The van der Waals surface area contributed by atoms with Gasteiger partial charge in [0.15, 0.2) is 0 Å². The van der Waals surface area contributed by atoms with E-state index in [-0.39, 0.29) is 6.61 Å². The van der Waals surface area contributed by atoms with Crippen molar-refractivity contribution in [2.24, 2.45) is 0 Å². The van der Waals surface area contributed by atoms with Gasteiger partial charge in [0.2, 0.25) is 0 Å². The van der Waals surface area contributed by atoms with Crippen molar-refractivity contribution in [2.75, 3.05) is 0 Å². The van der Waals surface area contributed by atoms with Gasteiger partial charge in [-0.15, -0.1) is 0 Å². The van der Waals surface area contributed by atoms with E-state index < -0.39 is 0 Å². The quantitative estimate of drug-likeness (QED) is 0.801. The molecule has 0 fully saturated rings. The molecule has 2 N–H and O–H groups in total. The van der Waals surface area contributed by atoms with Crippen molar-refractivity contribution in [3.05, 3.63) is 71.3 Å². The van der Waals surface area contributed by atoms with Crippen molar-refractivity contribution in [3.8, 4) is 0 Å². The molecule has 0 atom stereocenters. The Morgan fingerprint density at radius 3 is 2.21 bits per heavy atom. The van der Waals surface area contributed by atoms with Crippen LogP contribution in [0.15, 0.2) is 54.6 Å². The molecule has 2 aromatic rings. The summed E-state index contributed by atoms with van der Waals surface area (Å²) in [6.45, 7) is 0.140. The summed E-state index contributed by atoms with van der Waals surface area (Å²) in [5, 5.41) is 16.2. The van der Waals surface area contributed by atoms with Crippen LogP contribution in [0.25, 0.3) is 0 Å². The summed E-state index contributed by atoms with van der Waals surface area (Å²) < 4.78 is 0. The van der Waals surface area contributed by atoms with Gasteiger partial charge in [0, 0.05) is 5.71 Å². The molecule has 0 aromatic heterocycles. The van der Waals surface area contributed by atoms with E-state index in [4.69, 9.17) is 10.5 Å². The minimum atomic E-state index is 0.140. The molecule has 0 unspecified atom stereocenters. The molecule has 0 spiro atoms. The van der Waals surface area contributed by atoms with Crippen molar-refractivity contribution >= 4 is 5.71 Å². The summed E-state index contributed by atoms with van der Waals surface area (Å²) in [5.41, 5.74) is 4.29. The van der Waals surface area contributed by atoms with E-state index in [0.717, 1.165) is 30.5 Å². The lowest BCUT2D eigenvalue weighted by molar-refractivity contribution is 0.282. The van der Waals surface area contributed by atoms with Crippen LogP contribution < -0.4 is 0 Å². The number of nitrogens with one attached hydrogen (secondary N) is 1. The van der Waals surface area contributed by atoms with Gasteiger partial charge in [-0.05, 0) is 36.0 Å². The van der Waals surface area contributed by atoms with Crippen LogP contribution in [0, 0.1) is 5.41 Å². The second-order valence-corrected chi connectivity index (χ2v) is 4.63. The van der Waals surface area contributed by atoms with Gasteiger partial charge in [-0.25, -0.2) is 0 Å². The molecule has 0 heterocycles. The van der Waals surface area contributed by atoms with E-state index in [1.54, 1.807) is 0 Å². The molecule has 0 aliphatic heterocycles. The first kappa shape index (κ1) is 13.5. The van der Waals surface area contributed by atoms with Crippen LogP contribution in [0.3, 0.4) is 0 Å². The fourth-order valence-electron chi connectivity index (χ4n) is 2.21. The van der Waals surface area contributed by atoms with Gasteiger partial charge in [0.05, 0.1) is 6.61 Å². The number of benzene rings is 2. The third-order valence-corrected chi connectivity index (χ3v) is 3.24. The normalized spacial score (nSPS) is 13.2. The van der Waals surface area contributed by atoms with Gasteiger partial charge in [-0.1, -0.05) is 54.6 Å². The number of hydrogen-bond acceptors (Lipinski definition) is 2. The minimum Gasteiger partial charge on any atom is -0.392 e. The third-order valence-electron chi connectivity index (χ3n) is 3.24. The van der Waals surface area contributed by atoms with E-state index in [1.165, 1.54) is 11.1 Å². The predicted octanol–water partition coefficient (Wildman–Crippen LogP) is 3.57. The predicted molar refractivity (Wildman–Crippen MR) is 78.6 cm³/mol. The fraction of sp³-hybridized carbons (Fsp3) is 0.235. The number of fused-ring (bicyclic) bond motifs is 1. The highest BCUT2D eigenvalue weighted by Crippen LogP contribution is 2.19. The molecule has 0 saturated carbocycles. The lowest BCUT2D eigenvalue weighted by atomic mass is 9.90. The Balaban J connectivity index is 0.000000148. The van der Waals surface area contributed by atoms with Crippen LogP contribution in [-0.4, -0.2) is 10.8 Å². The average molecular weight is 253 g/mol. The maximum absolute atomic E-state index is 8.54. The summed E-state index contributed by atoms with van der Waals surface area (Å²) >= 11 is 0. The van der Waals surface area contributed by atoms with Gasteiger partial charge < -0.3 is 10.5 Å². The summed E-state index contributed by atoms with van der Waals surface area (Å²) in [6.07, 6.45) is 3.26. The summed E-state index contributed by atoms with van der Waals surface area (Å²) in [6, 6.07) is 17.8. The molecule has 98 valence electrons. The molecule has 3 rings (SSSR count). The lowest BCUT2D eigenvalue weighted by Crippen LogP contribution is -2.09. The van der Waals surface area contributed by atoms with Crippen LogP contribution in [0.1, 0.15) is 29.5 Å². The minimum absolute atomic E-state index is 0.140. The summed E-state index contributed by atoms with van der Waals surface area (Å²) in [7, 11) is 0. The smallest absolute Gasteiger partial charge is 0.0681 e. The summed E-state index contributed by atoms with van der Waals surface area (Å²) in [5.74, 6) is 0. The maximum Gasteiger partial charge on any atom is 0.0681 e. The third kappa shape index (κ3) is 3.76. The Morgan fingerprint density at radius 1 is 0.895 bits per heavy atom. The highest BCUT2D eigenvalue weighted by Gasteiger charge is 2.11. The Bertz CT molecular complexity index is 534. The number of aryl methyl sites for hydroxylation is 1. The highest BCUT2D eigenvalue weighted by atomic mass is 16.3. The number of rotatable bonds is 1. The standard InChI is InChI=1S/C10H11N.C7H8O/c11-10-7-3-5-8-4-1-2-6-9(8)10;8-6-7-4-2-1-3-5-7/h1-2,4,6,11H,3,5,7H2;1-5,8H,6H2. The molecule has 2 heteroatoms. The number of aliphatic hydroxyl groups excluding tert-OH is 1. The largest absolute Gasteiger partial charge is 0.392 e. The summed E-state index contributed by atoms with van der Waals surface area (Å²) in [4.78, 5) is 0. The van der Waals surface area contributed by atoms with Crippen molar-refractivity contribution < 1.29 is 5.11 Å². The Morgan fingerprint density at radius 2 is 1.58 bits per heavy atom. The van der Waals surface area contributed by atoms with Crippen molar-refractivity contribution in [1.29, 1.82) is 5.41 Å². The Hall–Kier alpha value is -1.93. The second kappa shape index (κ2) is 6.86. The van der Waals surface area contributed by atoms with Crippen LogP contribution in [-0.2, 0) is 13.0 Å². The molecule has 2 nitrogen and oxygen atoms in total. The maximum atomic E-state index is 8.54. The molecule has 19 heavy (non-hydrogen) atoms. The topological polar surface area (TPSA) is 44.1 Å². The monoisotopic (exact) mass is 253 g/mol. The highest BCUT2D eigenvalue weighted by molar-refractivity contribution is 6.00. The van der Waals surface area contributed by atoms with E-state index in [9.17, 15) is 0 Å². The molecular formula is C17H19NO. The SMILES string of the molecule is N=C1CCCc2ccccc21.OCc1ccccc1. The van der Waals surface area contributed by atoms with E-state index in [1.807, 2.05) is 36.4 Å². The van der Waals surface area contributed by atoms with Crippen LogP contribution >= 0.6 is 0 Å². The van der Waals surface area contributed by atoms with Gasteiger partial charge >= 0.3 is 0 Å². The van der Waals surface area contributed by atoms with E-state index in [2.05, 4.69) is 18.2 Å². The molecule has 0 amide bonds. The number of aliphatic hydroxyl groups is 1. The fourth-order valence-corrected chi connectivity index (χ4v) is 2.21. The zero-order chi connectivity index (χ0) is 13.5. The molecular weight excluding hydrogens is 234 g/mol. The van der Waals surface area contributed by atoms with Gasteiger partial charge in [0.25, 0.3) is 0 Å². The number of hydrogen-bond donors (Lipinski definition) is 2. The average Bonchev–Trinajstić information content (AvgIpc) is 2.49. The van der Waals surface area contributed by atoms with Gasteiger partial charge in [-0.2, -0.15) is 0 Å². The second-order valence-electron chi connectivity index (χ2n) is 4.63. The lowest BCUT2D eigenvalue weighted by Gasteiger charge is -2.15. The van der Waals surface area contributed by atoms with Crippen molar-refractivity contribution in [2.45, 2.75) is 25.9 Å². The van der Waals surface area contributed by atoms with Gasteiger partial charge in [0.1, 0.15) is 0 Å². The Labute approximate surface area is 114 Å². The van der Waals surface area contributed by atoms with Crippen LogP contribution in [0.4, 0.5) is 0 Å². The molecule has 0 bridgehead atoms. The van der Waals surface area contributed by atoms with Crippen molar-refractivity contribution in [3.63, 3.8) is 0 Å². The zero-order valence-corrected chi connectivity index (χ0v) is 11.0. The first-order chi connectivity index (χ1) is 9.31. The molecule has 0 saturated heterocycles. The van der Waals surface area contributed by atoms with Crippen LogP contribution in [0.5, 0.6) is 0 Å². The van der Waals surface area contributed by atoms with Crippen molar-refractivity contribution in [1.82, 2.24) is 0 Å². The van der Waals surface area contributed by atoms with Crippen LogP contribution in [0.2, 0.25) is 0 Å². The first-order valence-electron chi connectivity index (χ1n) is 6.61. The van der Waals surface area contributed by atoms with Gasteiger partial charge in [-0.3, -0.25) is 0 Å².